The number of rotatable bonds is 7. The molecule has 6 nitrogen and oxygen atoms in total. The molecule has 1 aliphatic carbocycles. The maximum atomic E-state index is 13.7. The summed E-state index contributed by atoms with van der Waals surface area (Å²) in [5, 5.41) is 3.78. The van der Waals surface area contributed by atoms with E-state index in [4.69, 9.17) is 32.7 Å². The Hall–Kier alpha value is -1.96. The minimum Gasteiger partial charge on any atom is -0.468 e. The minimum atomic E-state index is -0.965. The Kier molecular flexibility index (Phi) is 8.54. The lowest BCUT2D eigenvalue weighted by molar-refractivity contribution is -0.151. The van der Waals surface area contributed by atoms with E-state index in [2.05, 4.69) is 5.32 Å². The number of hydrogen-bond donors (Lipinski definition) is 1. The van der Waals surface area contributed by atoms with Crippen molar-refractivity contribution in [3.8, 4) is 0 Å². The first-order valence-corrected chi connectivity index (χ1v) is 12.7. The molecule has 1 aromatic rings. The third-order valence-corrected chi connectivity index (χ3v) is 7.62. The van der Waals surface area contributed by atoms with Gasteiger partial charge in [-0.1, -0.05) is 49.2 Å². The van der Waals surface area contributed by atoms with E-state index in [-0.39, 0.29) is 28.9 Å². The normalized spacial score (nSPS) is 22.6. The van der Waals surface area contributed by atoms with Crippen molar-refractivity contribution < 1.29 is 23.9 Å². The predicted octanol–water partition coefficient (Wildman–Crippen LogP) is 4.90. The van der Waals surface area contributed by atoms with Crippen LogP contribution in [0.1, 0.15) is 38.7 Å². The van der Waals surface area contributed by atoms with Gasteiger partial charge in [0.2, 0.25) is 0 Å². The van der Waals surface area contributed by atoms with Crippen molar-refractivity contribution in [2.75, 3.05) is 25.2 Å². The van der Waals surface area contributed by atoms with Crippen LogP contribution in [-0.4, -0.2) is 42.9 Å². The highest BCUT2D eigenvalue weighted by Gasteiger charge is 2.47. The van der Waals surface area contributed by atoms with Gasteiger partial charge in [-0.05, 0) is 36.6 Å². The second kappa shape index (κ2) is 11.0. The number of allylic oxidation sites excluding steroid dienone is 3. The molecule has 0 amide bonds. The molecule has 2 aliphatic rings. The first kappa shape index (κ1) is 25.7. The number of carbonyl (C=O) groups excluding carboxylic acids is 3. The molecular formula is C24H27Cl2NO5S. The number of benzene rings is 1. The molecule has 0 saturated heterocycles. The summed E-state index contributed by atoms with van der Waals surface area (Å²) in [4.78, 5) is 39.4. The van der Waals surface area contributed by atoms with Crippen LogP contribution in [0.15, 0.2) is 40.7 Å². The van der Waals surface area contributed by atoms with E-state index in [9.17, 15) is 14.4 Å². The van der Waals surface area contributed by atoms with E-state index in [1.54, 1.807) is 36.9 Å². The molecule has 0 saturated carbocycles. The summed E-state index contributed by atoms with van der Waals surface area (Å²) < 4.78 is 10.5. The van der Waals surface area contributed by atoms with Crippen LogP contribution in [0.3, 0.4) is 0 Å². The Balaban J connectivity index is 2.13. The van der Waals surface area contributed by atoms with Gasteiger partial charge < -0.3 is 14.8 Å². The average molecular weight is 512 g/mol. The van der Waals surface area contributed by atoms with Gasteiger partial charge in [0.15, 0.2) is 5.78 Å². The number of ketones is 1. The molecule has 1 N–H and O–H groups in total. The van der Waals surface area contributed by atoms with Crippen LogP contribution < -0.4 is 5.32 Å². The fourth-order valence-electron chi connectivity index (χ4n) is 4.42. The fourth-order valence-corrected chi connectivity index (χ4v) is 5.33. The molecule has 0 aromatic heterocycles. The largest absolute Gasteiger partial charge is 0.468 e. The number of halogens is 2. The summed E-state index contributed by atoms with van der Waals surface area (Å²) in [7, 11) is 1.26. The quantitative estimate of drug-likeness (QED) is 0.316. The van der Waals surface area contributed by atoms with Crippen LogP contribution in [0.4, 0.5) is 0 Å². The SMILES string of the molecule is CCSCCOC(=O)C1=C(C)NC2=C(C(=O)[C@@H](C(=O)OC)[C@H](C)C2)[C@@H]1c1cccc(Cl)c1Cl. The number of nitrogens with one attached hydrogen (secondary N) is 1. The van der Waals surface area contributed by atoms with Crippen molar-refractivity contribution in [2.45, 2.75) is 33.1 Å². The Labute approximate surface area is 208 Å². The van der Waals surface area contributed by atoms with Crippen molar-refractivity contribution in [3.63, 3.8) is 0 Å². The lowest BCUT2D eigenvalue weighted by Crippen LogP contribution is -2.43. The van der Waals surface area contributed by atoms with Crippen LogP contribution in [0.2, 0.25) is 10.0 Å². The molecule has 178 valence electrons. The summed E-state index contributed by atoms with van der Waals surface area (Å²) in [5.41, 5.74) is 2.38. The molecule has 0 fully saturated rings. The molecule has 3 rings (SSSR count). The van der Waals surface area contributed by atoms with E-state index >= 15 is 0 Å². The zero-order chi connectivity index (χ0) is 24.3. The van der Waals surface area contributed by atoms with Gasteiger partial charge in [-0.15, -0.1) is 0 Å². The number of dihydropyridines is 1. The molecule has 1 heterocycles. The summed E-state index contributed by atoms with van der Waals surface area (Å²) >= 11 is 14.5. The maximum absolute atomic E-state index is 13.7. The summed E-state index contributed by atoms with van der Waals surface area (Å²) in [6, 6.07) is 5.10. The van der Waals surface area contributed by atoms with Gasteiger partial charge in [0.1, 0.15) is 12.5 Å². The summed E-state index contributed by atoms with van der Waals surface area (Å²) in [5.74, 6) is -1.98. The highest BCUT2D eigenvalue weighted by molar-refractivity contribution is 7.99. The summed E-state index contributed by atoms with van der Waals surface area (Å²) in [6.07, 6.45) is 0.447. The Morgan fingerprint density at radius 1 is 1.27 bits per heavy atom. The monoisotopic (exact) mass is 511 g/mol. The molecule has 1 aliphatic heterocycles. The van der Waals surface area contributed by atoms with Crippen LogP contribution in [0, 0.1) is 11.8 Å². The zero-order valence-corrected chi connectivity index (χ0v) is 21.3. The highest BCUT2D eigenvalue weighted by atomic mass is 35.5. The minimum absolute atomic E-state index is 0.242. The van der Waals surface area contributed by atoms with Gasteiger partial charge >= 0.3 is 11.9 Å². The molecule has 1 aromatic carbocycles. The molecule has 0 unspecified atom stereocenters. The third kappa shape index (κ3) is 5.10. The van der Waals surface area contributed by atoms with Gasteiger partial charge in [0, 0.05) is 28.6 Å². The van der Waals surface area contributed by atoms with E-state index in [1.165, 1.54) is 7.11 Å². The standard InChI is InChI=1S/C24H27Cl2NO5S/c1-5-33-10-9-32-24(30)18-13(3)27-16-11-12(2)17(23(29)31-4)22(28)20(16)19(18)14-7-6-8-15(25)21(14)26/h6-8,12,17,19,27H,5,9-11H2,1-4H3/t12-,17+,19-/m1/s1. The first-order valence-electron chi connectivity index (χ1n) is 10.7. The molecule has 33 heavy (non-hydrogen) atoms. The van der Waals surface area contributed by atoms with Gasteiger partial charge in [0.05, 0.1) is 22.7 Å². The average Bonchev–Trinajstić information content (AvgIpc) is 2.77. The van der Waals surface area contributed by atoms with Gasteiger partial charge in [-0.2, -0.15) is 11.8 Å². The van der Waals surface area contributed by atoms with E-state index < -0.39 is 23.8 Å². The topological polar surface area (TPSA) is 81.7 Å². The second-order valence-corrected chi connectivity index (χ2v) is 10.2. The molecular weight excluding hydrogens is 485 g/mol. The highest BCUT2D eigenvalue weighted by Crippen LogP contribution is 2.47. The molecule has 0 spiro atoms. The van der Waals surface area contributed by atoms with Crippen LogP contribution >= 0.6 is 35.0 Å². The third-order valence-electron chi connectivity index (χ3n) is 5.92. The van der Waals surface area contributed by atoms with Gasteiger partial charge in [0.25, 0.3) is 0 Å². The maximum Gasteiger partial charge on any atom is 0.336 e. The Morgan fingerprint density at radius 3 is 2.67 bits per heavy atom. The van der Waals surface area contributed by atoms with Crippen molar-refractivity contribution in [1.82, 2.24) is 5.32 Å². The number of Topliss-reactive ketones (excluding diaryl/α,β-unsaturated/α-hetero) is 1. The molecule has 0 bridgehead atoms. The van der Waals surface area contributed by atoms with Gasteiger partial charge in [-0.3, -0.25) is 9.59 Å². The fraction of sp³-hybridized carbons (Fsp3) is 0.458. The number of methoxy groups -OCH3 is 1. The molecule has 9 heteroatoms. The molecule has 3 atom stereocenters. The van der Waals surface area contributed by atoms with Crippen molar-refractivity contribution >= 4 is 52.7 Å². The van der Waals surface area contributed by atoms with E-state index in [1.807, 2.05) is 13.8 Å². The smallest absolute Gasteiger partial charge is 0.336 e. The number of carbonyl (C=O) groups is 3. The van der Waals surface area contributed by atoms with Crippen LogP contribution in [-0.2, 0) is 23.9 Å². The van der Waals surface area contributed by atoms with Crippen molar-refractivity contribution in [2.24, 2.45) is 11.8 Å². The number of hydrogen-bond acceptors (Lipinski definition) is 7. The van der Waals surface area contributed by atoms with Crippen molar-refractivity contribution in [1.29, 1.82) is 0 Å². The van der Waals surface area contributed by atoms with Crippen LogP contribution in [0.25, 0.3) is 0 Å². The zero-order valence-electron chi connectivity index (χ0n) is 19.0. The number of esters is 2. The van der Waals surface area contributed by atoms with Gasteiger partial charge in [-0.25, -0.2) is 4.79 Å². The Morgan fingerprint density at radius 2 is 2.00 bits per heavy atom. The molecule has 0 radical (unpaired) electrons. The lowest BCUT2D eigenvalue weighted by atomic mass is 9.69. The van der Waals surface area contributed by atoms with E-state index in [0.29, 0.717) is 39.7 Å². The summed E-state index contributed by atoms with van der Waals surface area (Å²) in [6.45, 7) is 5.88. The number of ether oxygens (including phenoxy) is 2. The number of thioether (sulfide) groups is 1. The predicted molar refractivity (Wildman–Crippen MR) is 130 cm³/mol. The lowest BCUT2D eigenvalue weighted by Gasteiger charge is -2.38. The Bertz CT molecular complexity index is 1040. The first-order chi connectivity index (χ1) is 15.7. The van der Waals surface area contributed by atoms with Crippen LogP contribution in [0.5, 0.6) is 0 Å². The second-order valence-electron chi connectivity index (χ2n) is 8.01. The van der Waals surface area contributed by atoms with E-state index in [0.717, 1.165) is 5.75 Å². The van der Waals surface area contributed by atoms with Crippen molar-refractivity contribution in [3.05, 3.63) is 56.3 Å².